The second-order valence-corrected chi connectivity index (χ2v) is 5.28. The number of esters is 1. The number of carboxylic acid groups (broad SMARTS) is 1. The number of pyridine rings is 1. The van der Waals surface area contributed by atoms with Crippen molar-refractivity contribution in [2.75, 3.05) is 7.11 Å². The number of fused-ring (bicyclic) bond motifs is 4. The molecule has 0 saturated carbocycles. The van der Waals surface area contributed by atoms with Crippen LogP contribution in [0.25, 0.3) is 10.8 Å². The number of methoxy groups -OCH3 is 1. The van der Waals surface area contributed by atoms with E-state index in [2.05, 4.69) is 4.98 Å². The fraction of sp³-hybridized carbons (Fsp3) is 0.0556. The molecular formula is C18H11NO6. The SMILES string of the molecule is COC(=O)c1c(C(=O)O)c2c(c3ccncc13)Oc1ccccc1O2. The van der Waals surface area contributed by atoms with Gasteiger partial charge in [0.1, 0.15) is 5.56 Å². The monoisotopic (exact) mass is 337 g/mol. The number of aromatic nitrogens is 1. The van der Waals surface area contributed by atoms with Gasteiger partial charge < -0.3 is 19.3 Å². The Labute approximate surface area is 141 Å². The molecule has 124 valence electrons. The summed E-state index contributed by atoms with van der Waals surface area (Å²) in [4.78, 5) is 28.2. The fourth-order valence-electron chi connectivity index (χ4n) is 2.83. The predicted molar refractivity (Wildman–Crippen MR) is 86.6 cm³/mol. The van der Waals surface area contributed by atoms with Crippen LogP contribution in [0.1, 0.15) is 20.7 Å². The van der Waals surface area contributed by atoms with Crippen molar-refractivity contribution in [3.05, 3.63) is 53.9 Å². The summed E-state index contributed by atoms with van der Waals surface area (Å²) in [6, 6.07) is 8.50. The van der Waals surface area contributed by atoms with Crippen molar-refractivity contribution in [2.45, 2.75) is 0 Å². The van der Waals surface area contributed by atoms with Crippen molar-refractivity contribution in [3.63, 3.8) is 0 Å². The number of rotatable bonds is 2. The van der Waals surface area contributed by atoms with E-state index in [9.17, 15) is 14.7 Å². The Morgan fingerprint density at radius 3 is 2.32 bits per heavy atom. The summed E-state index contributed by atoms with van der Waals surface area (Å²) >= 11 is 0. The Morgan fingerprint density at radius 1 is 1.00 bits per heavy atom. The molecule has 0 bridgehead atoms. The average Bonchev–Trinajstić information content (AvgIpc) is 2.64. The summed E-state index contributed by atoms with van der Waals surface area (Å²) in [7, 11) is 1.18. The molecule has 0 spiro atoms. The molecule has 0 unspecified atom stereocenters. The first-order chi connectivity index (χ1) is 12.1. The summed E-state index contributed by atoms with van der Waals surface area (Å²) in [6.45, 7) is 0. The van der Waals surface area contributed by atoms with Crippen LogP contribution >= 0.6 is 0 Å². The Hall–Kier alpha value is -3.61. The lowest BCUT2D eigenvalue weighted by atomic mass is 9.97. The molecule has 4 rings (SSSR count). The van der Waals surface area contributed by atoms with Gasteiger partial charge in [-0.2, -0.15) is 0 Å². The molecule has 1 aliphatic heterocycles. The van der Waals surface area contributed by atoms with E-state index < -0.39 is 11.9 Å². The summed E-state index contributed by atoms with van der Waals surface area (Å²) in [6.07, 6.45) is 2.92. The number of nitrogens with zero attached hydrogens (tertiary/aromatic N) is 1. The second-order valence-electron chi connectivity index (χ2n) is 5.28. The molecule has 0 atom stereocenters. The van der Waals surface area contributed by atoms with Crippen molar-refractivity contribution in [3.8, 4) is 23.0 Å². The maximum atomic E-state index is 12.3. The molecule has 7 heteroatoms. The molecule has 1 N–H and O–H groups in total. The zero-order valence-electron chi connectivity index (χ0n) is 13.0. The van der Waals surface area contributed by atoms with Crippen LogP contribution in [0.3, 0.4) is 0 Å². The maximum Gasteiger partial charge on any atom is 0.340 e. The highest BCUT2D eigenvalue weighted by atomic mass is 16.6. The Bertz CT molecular complexity index is 1040. The van der Waals surface area contributed by atoms with Gasteiger partial charge in [-0.25, -0.2) is 9.59 Å². The van der Waals surface area contributed by atoms with Gasteiger partial charge in [0.25, 0.3) is 0 Å². The first-order valence-corrected chi connectivity index (χ1v) is 7.32. The highest BCUT2D eigenvalue weighted by Gasteiger charge is 2.33. The predicted octanol–water partition coefficient (Wildman–Crippen LogP) is 3.62. The van der Waals surface area contributed by atoms with Crippen LogP contribution in [0.4, 0.5) is 0 Å². The van der Waals surface area contributed by atoms with E-state index >= 15 is 0 Å². The topological polar surface area (TPSA) is 95.0 Å². The van der Waals surface area contributed by atoms with Crippen LogP contribution in [0.2, 0.25) is 0 Å². The largest absolute Gasteiger partial charge is 0.478 e. The summed E-state index contributed by atoms with van der Waals surface area (Å²) in [5.74, 6) is -1.12. The highest BCUT2D eigenvalue weighted by Crippen LogP contribution is 2.51. The van der Waals surface area contributed by atoms with Gasteiger partial charge >= 0.3 is 11.9 Å². The van der Waals surface area contributed by atoms with Gasteiger partial charge in [0, 0.05) is 23.2 Å². The van der Waals surface area contributed by atoms with Crippen molar-refractivity contribution < 1.29 is 28.9 Å². The molecule has 3 aromatic rings. The Kier molecular flexibility index (Phi) is 3.28. The minimum atomic E-state index is -1.33. The number of carbonyl (C=O) groups excluding carboxylic acids is 1. The van der Waals surface area contributed by atoms with Crippen molar-refractivity contribution in [1.29, 1.82) is 0 Å². The number of aromatic carboxylic acids is 1. The average molecular weight is 337 g/mol. The summed E-state index contributed by atoms with van der Waals surface area (Å²) in [5.41, 5.74) is -0.448. The second kappa shape index (κ2) is 5.48. The summed E-state index contributed by atoms with van der Waals surface area (Å²) < 4.78 is 16.4. The standard InChI is InChI=1S/C18H11NO6/c1-23-18(22)13-10-8-19-7-6-9(10)15-16(14(13)17(20)21)25-12-5-3-2-4-11(12)24-15/h2-8H,1H3,(H,20,21). The molecular weight excluding hydrogens is 326 g/mol. The van der Waals surface area contributed by atoms with E-state index in [1.807, 2.05) is 0 Å². The number of carboxylic acids is 1. The summed E-state index contributed by atoms with van der Waals surface area (Å²) in [5, 5.41) is 10.5. The van der Waals surface area contributed by atoms with Gasteiger partial charge in [0.2, 0.25) is 0 Å². The Morgan fingerprint density at radius 2 is 1.68 bits per heavy atom. The zero-order valence-corrected chi connectivity index (χ0v) is 13.0. The molecule has 0 radical (unpaired) electrons. The molecule has 0 fully saturated rings. The van der Waals surface area contributed by atoms with Crippen LogP contribution < -0.4 is 9.47 Å². The molecule has 2 heterocycles. The smallest absolute Gasteiger partial charge is 0.340 e. The normalized spacial score (nSPS) is 11.7. The molecule has 7 nitrogen and oxygen atoms in total. The lowest BCUT2D eigenvalue weighted by Crippen LogP contribution is -2.15. The quantitative estimate of drug-likeness (QED) is 0.558. The van der Waals surface area contributed by atoms with Crippen molar-refractivity contribution >= 4 is 22.7 Å². The van der Waals surface area contributed by atoms with Gasteiger partial charge in [-0.15, -0.1) is 0 Å². The van der Waals surface area contributed by atoms with Crippen molar-refractivity contribution in [2.24, 2.45) is 0 Å². The van der Waals surface area contributed by atoms with Crippen molar-refractivity contribution in [1.82, 2.24) is 4.98 Å². The van der Waals surface area contributed by atoms with Gasteiger partial charge in [-0.1, -0.05) is 12.1 Å². The lowest BCUT2D eigenvalue weighted by molar-refractivity contribution is 0.0583. The third-order valence-corrected chi connectivity index (χ3v) is 3.89. The number of hydrogen-bond donors (Lipinski definition) is 1. The molecule has 0 saturated heterocycles. The van der Waals surface area contributed by atoms with E-state index in [0.29, 0.717) is 22.3 Å². The van der Waals surface area contributed by atoms with Crippen LogP contribution in [0.5, 0.6) is 23.0 Å². The Balaban J connectivity index is 2.13. The van der Waals surface area contributed by atoms with E-state index in [-0.39, 0.29) is 22.6 Å². The number of ether oxygens (including phenoxy) is 3. The molecule has 1 aromatic heterocycles. The molecule has 0 amide bonds. The van der Waals surface area contributed by atoms with Crippen LogP contribution in [-0.2, 0) is 4.74 Å². The number of hydrogen-bond acceptors (Lipinski definition) is 6. The van der Waals surface area contributed by atoms with Crippen LogP contribution in [0.15, 0.2) is 42.7 Å². The van der Waals surface area contributed by atoms with E-state index in [0.717, 1.165) is 0 Å². The zero-order chi connectivity index (χ0) is 17.6. The van der Waals surface area contributed by atoms with Gasteiger partial charge in [0.05, 0.1) is 12.7 Å². The van der Waals surface area contributed by atoms with Gasteiger partial charge in [-0.3, -0.25) is 4.98 Å². The fourth-order valence-corrected chi connectivity index (χ4v) is 2.83. The molecule has 25 heavy (non-hydrogen) atoms. The number of benzene rings is 2. The third-order valence-electron chi connectivity index (χ3n) is 3.89. The van der Waals surface area contributed by atoms with Gasteiger partial charge in [0.15, 0.2) is 23.0 Å². The first-order valence-electron chi connectivity index (χ1n) is 7.32. The third kappa shape index (κ3) is 2.17. The van der Waals surface area contributed by atoms with E-state index in [4.69, 9.17) is 14.2 Å². The van der Waals surface area contributed by atoms with Crippen LogP contribution in [0, 0.1) is 0 Å². The van der Waals surface area contributed by atoms with Gasteiger partial charge in [-0.05, 0) is 18.2 Å². The van der Waals surface area contributed by atoms with E-state index in [1.165, 1.54) is 19.5 Å². The molecule has 1 aliphatic rings. The number of carbonyl (C=O) groups is 2. The van der Waals surface area contributed by atoms with Crippen LogP contribution in [-0.4, -0.2) is 29.1 Å². The highest BCUT2D eigenvalue weighted by molar-refractivity contribution is 6.16. The minimum Gasteiger partial charge on any atom is -0.478 e. The minimum absolute atomic E-state index is 0.0368. The van der Waals surface area contributed by atoms with E-state index in [1.54, 1.807) is 30.3 Å². The lowest BCUT2D eigenvalue weighted by Gasteiger charge is -2.24. The first kappa shape index (κ1) is 14.9. The maximum absolute atomic E-state index is 12.3. The number of para-hydroxylation sites is 2. The molecule has 2 aromatic carbocycles. The molecule has 0 aliphatic carbocycles.